The molecular formula is C20H26N4O4S. The SMILES string of the molecule is COc1cc(C(C2Sc3nc(C)nn3C2=O)N2CCCCC2)cc(OC)c1OC. The third-order valence-corrected chi connectivity index (χ3v) is 6.66. The van der Waals surface area contributed by atoms with Gasteiger partial charge < -0.3 is 14.2 Å². The number of thioether (sulfide) groups is 1. The van der Waals surface area contributed by atoms with Crippen LogP contribution < -0.4 is 14.2 Å². The van der Waals surface area contributed by atoms with Crippen molar-refractivity contribution < 1.29 is 19.0 Å². The standard InChI is InChI=1S/C20H26N4O4S/c1-12-21-20-24(22-12)19(25)18(29-20)16(23-8-6-5-7-9-23)13-10-14(26-2)17(28-4)15(11-13)27-3/h10-11,16,18H,5-9H2,1-4H3. The molecule has 2 aliphatic heterocycles. The molecule has 0 radical (unpaired) electrons. The lowest BCUT2D eigenvalue weighted by Crippen LogP contribution is -2.41. The number of carbonyl (C=O) groups excluding carboxylic acids is 1. The average Bonchev–Trinajstić information content (AvgIpc) is 3.25. The summed E-state index contributed by atoms with van der Waals surface area (Å²) >= 11 is 1.48. The van der Waals surface area contributed by atoms with E-state index in [1.54, 1.807) is 28.3 Å². The summed E-state index contributed by atoms with van der Waals surface area (Å²) in [5, 5.41) is 4.62. The Morgan fingerprint density at radius 3 is 2.28 bits per heavy atom. The van der Waals surface area contributed by atoms with Crippen molar-refractivity contribution >= 4 is 17.7 Å². The molecule has 0 amide bonds. The zero-order chi connectivity index (χ0) is 20.5. The van der Waals surface area contributed by atoms with Crippen molar-refractivity contribution in [1.29, 1.82) is 0 Å². The van der Waals surface area contributed by atoms with Crippen LogP contribution in [0.1, 0.15) is 41.5 Å². The minimum Gasteiger partial charge on any atom is -0.493 e. The Hall–Kier alpha value is -2.26. The predicted octanol–water partition coefficient (Wildman–Crippen LogP) is 2.95. The van der Waals surface area contributed by atoms with Crippen molar-refractivity contribution in [3.63, 3.8) is 0 Å². The highest BCUT2D eigenvalue weighted by atomic mass is 32.2. The molecule has 156 valence electrons. The van der Waals surface area contributed by atoms with E-state index >= 15 is 0 Å². The molecule has 4 rings (SSSR count). The number of aromatic nitrogens is 3. The van der Waals surface area contributed by atoms with E-state index in [1.807, 2.05) is 12.1 Å². The Bertz CT molecular complexity index is 885. The lowest BCUT2D eigenvalue weighted by Gasteiger charge is -2.37. The highest BCUT2D eigenvalue weighted by molar-refractivity contribution is 8.00. The summed E-state index contributed by atoms with van der Waals surface area (Å²) < 4.78 is 18.0. The predicted molar refractivity (Wildman–Crippen MR) is 109 cm³/mol. The number of benzene rings is 1. The molecule has 0 spiro atoms. The van der Waals surface area contributed by atoms with Crippen molar-refractivity contribution in [3.05, 3.63) is 23.5 Å². The summed E-state index contributed by atoms with van der Waals surface area (Å²) in [6.45, 7) is 3.69. The molecule has 0 bridgehead atoms. The number of ether oxygens (including phenoxy) is 3. The van der Waals surface area contributed by atoms with E-state index in [0.717, 1.165) is 31.5 Å². The molecule has 1 aromatic carbocycles. The van der Waals surface area contributed by atoms with Gasteiger partial charge in [-0.05, 0) is 50.6 Å². The summed E-state index contributed by atoms with van der Waals surface area (Å²) in [5.74, 6) is 2.31. The molecule has 2 unspecified atom stereocenters. The second-order valence-corrected chi connectivity index (χ2v) is 8.34. The van der Waals surface area contributed by atoms with Gasteiger partial charge in [0.05, 0.1) is 27.4 Å². The fourth-order valence-electron chi connectivity index (χ4n) is 4.15. The van der Waals surface area contributed by atoms with Gasteiger partial charge >= 0.3 is 0 Å². The zero-order valence-electron chi connectivity index (χ0n) is 17.2. The number of fused-ring (bicyclic) bond motifs is 1. The molecule has 1 aromatic heterocycles. The number of piperidine rings is 1. The normalized spacial score (nSPS) is 20.4. The molecule has 29 heavy (non-hydrogen) atoms. The number of rotatable bonds is 6. The van der Waals surface area contributed by atoms with Crippen LogP contribution in [0.4, 0.5) is 0 Å². The van der Waals surface area contributed by atoms with Crippen molar-refractivity contribution in [2.75, 3.05) is 34.4 Å². The van der Waals surface area contributed by atoms with E-state index in [0.29, 0.717) is 28.2 Å². The topological polar surface area (TPSA) is 78.7 Å². The molecule has 2 aromatic rings. The van der Waals surface area contributed by atoms with E-state index in [-0.39, 0.29) is 17.2 Å². The van der Waals surface area contributed by atoms with Crippen molar-refractivity contribution in [2.45, 2.75) is 42.6 Å². The van der Waals surface area contributed by atoms with E-state index < -0.39 is 0 Å². The quantitative estimate of drug-likeness (QED) is 0.709. The molecule has 1 saturated heterocycles. The summed E-state index contributed by atoms with van der Waals surface area (Å²) in [4.78, 5) is 20.0. The van der Waals surface area contributed by atoms with Crippen LogP contribution in [0, 0.1) is 6.92 Å². The first-order valence-electron chi connectivity index (χ1n) is 9.76. The van der Waals surface area contributed by atoms with Crippen LogP contribution in [0.2, 0.25) is 0 Å². The number of nitrogens with zero attached hydrogens (tertiary/aromatic N) is 4. The molecule has 9 heteroatoms. The second-order valence-electron chi connectivity index (χ2n) is 7.23. The summed E-state index contributed by atoms with van der Waals surface area (Å²) in [5.41, 5.74) is 0.967. The largest absolute Gasteiger partial charge is 0.493 e. The van der Waals surface area contributed by atoms with Gasteiger partial charge in [0.2, 0.25) is 5.75 Å². The summed E-state index contributed by atoms with van der Waals surface area (Å²) in [7, 11) is 4.80. The van der Waals surface area contributed by atoms with Crippen molar-refractivity contribution in [2.24, 2.45) is 0 Å². The van der Waals surface area contributed by atoms with Crippen LogP contribution in [0.15, 0.2) is 17.3 Å². The molecular weight excluding hydrogens is 392 g/mol. The van der Waals surface area contributed by atoms with Crippen molar-refractivity contribution in [3.8, 4) is 17.2 Å². The van der Waals surface area contributed by atoms with E-state index in [1.165, 1.54) is 22.9 Å². The van der Waals surface area contributed by atoms with Gasteiger partial charge in [-0.15, -0.1) is 5.10 Å². The molecule has 8 nitrogen and oxygen atoms in total. The minimum absolute atomic E-state index is 0.0325. The first-order chi connectivity index (χ1) is 14.1. The Balaban J connectivity index is 1.78. The van der Waals surface area contributed by atoms with Crippen LogP contribution in [-0.2, 0) is 0 Å². The molecule has 0 aliphatic carbocycles. The lowest BCUT2D eigenvalue weighted by molar-refractivity contribution is 0.0817. The van der Waals surface area contributed by atoms with Crippen LogP contribution >= 0.6 is 11.8 Å². The lowest BCUT2D eigenvalue weighted by atomic mass is 9.97. The van der Waals surface area contributed by atoms with Gasteiger partial charge in [0.25, 0.3) is 5.91 Å². The Kier molecular flexibility index (Phi) is 5.69. The molecule has 2 aliphatic rings. The maximum Gasteiger partial charge on any atom is 0.264 e. The van der Waals surface area contributed by atoms with E-state index in [9.17, 15) is 4.79 Å². The summed E-state index contributed by atoms with van der Waals surface area (Å²) in [6, 6.07) is 3.77. The maximum atomic E-state index is 13.2. The monoisotopic (exact) mass is 418 g/mol. The first kappa shape index (κ1) is 20.0. The van der Waals surface area contributed by atoms with Crippen LogP contribution in [0.25, 0.3) is 0 Å². The highest BCUT2D eigenvalue weighted by Gasteiger charge is 2.43. The van der Waals surface area contributed by atoms with Gasteiger partial charge in [0.1, 0.15) is 11.1 Å². The fraction of sp³-hybridized carbons (Fsp3) is 0.550. The second kappa shape index (κ2) is 8.23. The third kappa shape index (κ3) is 3.57. The number of methoxy groups -OCH3 is 3. The summed E-state index contributed by atoms with van der Waals surface area (Å²) in [6.07, 6.45) is 3.45. The minimum atomic E-state index is -0.327. The first-order valence-corrected chi connectivity index (χ1v) is 10.6. The number of hydrogen-bond acceptors (Lipinski definition) is 8. The van der Waals surface area contributed by atoms with Gasteiger partial charge in [-0.3, -0.25) is 9.69 Å². The van der Waals surface area contributed by atoms with Crippen LogP contribution in [0.3, 0.4) is 0 Å². The highest BCUT2D eigenvalue weighted by Crippen LogP contribution is 2.46. The number of hydrogen-bond donors (Lipinski definition) is 0. The van der Waals surface area contributed by atoms with Gasteiger partial charge in [-0.2, -0.15) is 4.68 Å². The van der Waals surface area contributed by atoms with Gasteiger partial charge in [0, 0.05) is 0 Å². The Labute approximate surface area is 174 Å². The smallest absolute Gasteiger partial charge is 0.264 e. The van der Waals surface area contributed by atoms with Gasteiger partial charge in [0.15, 0.2) is 16.7 Å². The van der Waals surface area contributed by atoms with Gasteiger partial charge in [-0.25, -0.2) is 4.98 Å². The van der Waals surface area contributed by atoms with Crippen LogP contribution in [-0.4, -0.2) is 65.2 Å². The fourth-order valence-corrected chi connectivity index (χ4v) is 5.45. The zero-order valence-corrected chi connectivity index (χ0v) is 18.0. The third-order valence-electron chi connectivity index (χ3n) is 5.47. The van der Waals surface area contributed by atoms with E-state index in [2.05, 4.69) is 15.0 Å². The van der Waals surface area contributed by atoms with Crippen molar-refractivity contribution in [1.82, 2.24) is 19.7 Å². The Morgan fingerprint density at radius 1 is 1.07 bits per heavy atom. The van der Waals surface area contributed by atoms with E-state index in [4.69, 9.17) is 14.2 Å². The van der Waals surface area contributed by atoms with Crippen LogP contribution in [0.5, 0.6) is 17.2 Å². The van der Waals surface area contributed by atoms with Gasteiger partial charge in [-0.1, -0.05) is 18.2 Å². The molecule has 3 heterocycles. The molecule has 1 fully saturated rings. The molecule has 0 N–H and O–H groups in total. The number of aryl methyl sites for hydroxylation is 1. The number of carbonyl (C=O) groups is 1. The Morgan fingerprint density at radius 2 is 1.72 bits per heavy atom. The average molecular weight is 419 g/mol. The number of likely N-dealkylation sites (tertiary alicyclic amines) is 1. The maximum absolute atomic E-state index is 13.2. The molecule has 0 saturated carbocycles. The molecule has 2 atom stereocenters.